The van der Waals surface area contributed by atoms with Crippen molar-refractivity contribution in [3.05, 3.63) is 64.7 Å². The van der Waals surface area contributed by atoms with Gasteiger partial charge < -0.3 is 15.4 Å². The molecule has 0 aliphatic heterocycles. The highest BCUT2D eigenvalue weighted by Crippen LogP contribution is 2.39. The highest BCUT2D eigenvalue weighted by molar-refractivity contribution is 7.16. The Morgan fingerprint density at radius 2 is 1.62 bits per heavy atom. The molecule has 1 atom stereocenters. The maximum atomic E-state index is 12.8. The Bertz CT molecular complexity index is 1160. The number of nitrogens with zero attached hydrogens (tertiary/aromatic N) is 1. The van der Waals surface area contributed by atoms with E-state index in [0.717, 1.165) is 11.3 Å². The first kappa shape index (κ1) is 21.5. The summed E-state index contributed by atoms with van der Waals surface area (Å²) >= 11 is 1.40. The van der Waals surface area contributed by atoms with Crippen LogP contribution >= 0.6 is 11.3 Å². The molecule has 2 aromatic carbocycles. The van der Waals surface area contributed by atoms with Crippen LogP contribution in [0.1, 0.15) is 40.2 Å². The fourth-order valence-corrected chi connectivity index (χ4v) is 4.55. The monoisotopic (exact) mass is 450 g/mol. The van der Waals surface area contributed by atoms with Crippen LogP contribution in [-0.2, 0) is 16.0 Å². The second kappa shape index (κ2) is 9.19. The third-order valence-corrected chi connectivity index (χ3v) is 6.13. The third-order valence-electron chi connectivity index (χ3n) is 5.08. The van der Waals surface area contributed by atoms with Gasteiger partial charge in [-0.3, -0.25) is 19.7 Å². The topological polar surface area (TPSA) is 109 Å². The van der Waals surface area contributed by atoms with Crippen LogP contribution < -0.4 is 20.7 Å². The number of aromatic nitrogens is 1. The second-order valence-corrected chi connectivity index (χ2v) is 8.43. The van der Waals surface area contributed by atoms with Crippen molar-refractivity contribution >= 4 is 45.6 Å². The largest absolute Gasteiger partial charge is 0.497 e. The van der Waals surface area contributed by atoms with Crippen LogP contribution in [0.15, 0.2) is 48.5 Å². The molecule has 1 unspecified atom stereocenters. The molecule has 0 spiro atoms. The summed E-state index contributed by atoms with van der Waals surface area (Å²) in [5.74, 6) is -0.260. The van der Waals surface area contributed by atoms with Crippen LogP contribution in [0.4, 0.5) is 16.5 Å². The van der Waals surface area contributed by atoms with E-state index in [-0.39, 0.29) is 23.6 Å². The average molecular weight is 451 g/mol. The molecule has 4 rings (SSSR count). The molecule has 1 heterocycles. The van der Waals surface area contributed by atoms with Gasteiger partial charge in [0.2, 0.25) is 11.8 Å². The summed E-state index contributed by atoms with van der Waals surface area (Å²) < 4.78 is 5.11. The lowest BCUT2D eigenvalue weighted by Gasteiger charge is -2.11. The molecule has 8 nitrogen and oxygen atoms in total. The number of nitrogens with one attached hydrogen (secondary N) is 3. The van der Waals surface area contributed by atoms with Gasteiger partial charge in [0.1, 0.15) is 5.75 Å². The number of carbonyl (C=O) groups is 3. The van der Waals surface area contributed by atoms with Crippen molar-refractivity contribution in [2.75, 3.05) is 23.1 Å². The van der Waals surface area contributed by atoms with Crippen molar-refractivity contribution in [3.63, 3.8) is 0 Å². The summed E-state index contributed by atoms with van der Waals surface area (Å²) in [6, 6.07) is 13.7. The smallest absolute Gasteiger partial charge is 0.257 e. The number of aryl methyl sites for hydroxylation is 1. The van der Waals surface area contributed by atoms with Gasteiger partial charge in [0, 0.05) is 28.7 Å². The minimum Gasteiger partial charge on any atom is -0.497 e. The lowest BCUT2D eigenvalue weighted by Crippen LogP contribution is -2.20. The number of methoxy groups -OCH3 is 1. The Labute approximate surface area is 189 Å². The number of benzene rings is 2. The summed E-state index contributed by atoms with van der Waals surface area (Å²) in [5, 5.41) is 8.89. The van der Waals surface area contributed by atoms with Gasteiger partial charge >= 0.3 is 0 Å². The van der Waals surface area contributed by atoms with E-state index in [1.807, 2.05) is 0 Å². The number of amides is 3. The van der Waals surface area contributed by atoms with Crippen LogP contribution in [0.25, 0.3) is 0 Å². The van der Waals surface area contributed by atoms with Crippen molar-refractivity contribution in [1.82, 2.24) is 4.98 Å². The van der Waals surface area contributed by atoms with Gasteiger partial charge in [-0.15, -0.1) is 11.3 Å². The van der Waals surface area contributed by atoms with Crippen LogP contribution in [0.3, 0.4) is 0 Å². The first-order chi connectivity index (χ1) is 15.4. The minimum atomic E-state index is -0.372. The number of thiazole rings is 1. The molecule has 1 aliphatic carbocycles. The molecule has 0 saturated carbocycles. The number of rotatable bonds is 6. The number of hydrogen-bond acceptors (Lipinski definition) is 6. The molecule has 1 aromatic heterocycles. The summed E-state index contributed by atoms with van der Waals surface area (Å²) in [6.45, 7) is 1.44. The zero-order chi connectivity index (χ0) is 22.7. The molecule has 0 fully saturated rings. The van der Waals surface area contributed by atoms with E-state index in [4.69, 9.17) is 4.74 Å². The molecule has 0 bridgehead atoms. The van der Waals surface area contributed by atoms with E-state index in [2.05, 4.69) is 20.9 Å². The standard InChI is InChI=1S/C23H22N4O4S/c1-13(28)24-15-5-7-16(8-6-15)25-22(30)18-11-12-19-20(18)26-23(32-19)27-21(29)14-3-9-17(31-2)10-4-14/h3-10,18H,11-12H2,1-2H3,(H,24,28)(H,25,30)(H,26,27,29). The third kappa shape index (κ3) is 4.78. The van der Waals surface area contributed by atoms with Crippen molar-refractivity contribution in [2.45, 2.75) is 25.7 Å². The predicted molar refractivity (Wildman–Crippen MR) is 123 cm³/mol. The number of hydrogen-bond donors (Lipinski definition) is 3. The second-order valence-electron chi connectivity index (χ2n) is 7.35. The van der Waals surface area contributed by atoms with Gasteiger partial charge in [-0.1, -0.05) is 0 Å². The Morgan fingerprint density at radius 3 is 2.25 bits per heavy atom. The highest BCUT2D eigenvalue weighted by Gasteiger charge is 2.33. The van der Waals surface area contributed by atoms with Crippen LogP contribution in [-0.4, -0.2) is 29.8 Å². The summed E-state index contributed by atoms with van der Waals surface area (Å²) in [4.78, 5) is 42.0. The summed E-state index contributed by atoms with van der Waals surface area (Å²) in [7, 11) is 1.57. The van der Waals surface area contributed by atoms with Gasteiger partial charge in [-0.05, 0) is 61.4 Å². The Hall–Kier alpha value is -3.72. The fraction of sp³-hybridized carbons (Fsp3) is 0.217. The molecule has 0 radical (unpaired) electrons. The fourth-order valence-electron chi connectivity index (χ4n) is 3.52. The van der Waals surface area contributed by atoms with E-state index >= 15 is 0 Å². The predicted octanol–water partition coefficient (Wildman–Crippen LogP) is 4.03. The lowest BCUT2D eigenvalue weighted by molar-refractivity contribution is -0.117. The molecule has 32 heavy (non-hydrogen) atoms. The molecule has 1 aliphatic rings. The van der Waals surface area contributed by atoms with Gasteiger partial charge in [0.05, 0.1) is 18.7 Å². The normalized spacial score (nSPS) is 14.4. The van der Waals surface area contributed by atoms with Gasteiger partial charge in [0.15, 0.2) is 5.13 Å². The van der Waals surface area contributed by atoms with Gasteiger partial charge in [-0.2, -0.15) is 0 Å². The Kier molecular flexibility index (Phi) is 6.18. The van der Waals surface area contributed by atoms with E-state index in [1.165, 1.54) is 18.3 Å². The highest BCUT2D eigenvalue weighted by atomic mass is 32.1. The Morgan fingerprint density at radius 1 is 0.969 bits per heavy atom. The van der Waals surface area contributed by atoms with Crippen molar-refractivity contribution in [1.29, 1.82) is 0 Å². The number of carbonyl (C=O) groups excluding carboxylic acids is 3. The van der Waals surface area contributed by atoms with E-state index in [9.17, 15) is 14.4 Å². The van der Waals surface area contributed by atoms with Crippen molar-refractivity contribution < 1.29 is 19.1 Å². The lowest BCUT2D eigenvalue weighted by atomic mass is 10.1. The molecule has 9 heteroatoms. The maximum Gasteiger partial charge on any atom is 0.257 e. The minimum absolute atomic E-state index is 0.144. The van der Waals surface area contributed by atoms with Crippen molar-refractivity contribution in [2.24, 2.45) is 0 Å². The molecular formula is C23H22N4O4S. The zero-order valence-electron chi connectivity index (χ0n) is 17.6. The average Bonchev–Trinajstić information content (AvgIpc) is 3.35. The van der Waals surface area contributed by atoms with E-state index in [1.54, 1.807) is 55.6 Å². The molecule has 164 valence electrons. The molecule has 3 aromatic rings. The maximum absolute atomic E-state index is 12.8. The molecular weight excluding hydrogens is 428 g/mol. The number of anilines is 3. The first-order valence-corrected chi connectivity index (χ1v) is 10.9. The van der Waals surface area contributed by atoms with Gasteiger partial charge in [0.25, 0.3) is 5.91 Å². The van der Waals surface area contributed by atoms with Crippen LogP contribution in [0.2, 0.25) is 0 Å². The van der Waals surface area contributed by atoms with Crippen LogP contribution in [0, 0.1) is 0 Å². The summed E-state index contributed by atoms with van der Waals surface area (Å²) in [5.41, 5.74) is 2.52. The van der Waals surface area contributed by atoms with E-state index < -0.39 is 0 Å². The first-order valence-electron chi connectivity index (χ1n) is 10.1. The molecule has 0 saturated heterocycles. The van der Waals surface area contributed by atoms with Gasteiger partial charge in [-0.25, -0.2) is 4.98 Å². The SMILES string of the molecule is COc1ccc(C(=O)Nc2nc3c(s2)CCC3C(=O)Nc2ccc(NC(C)=O)cc2)cc1. The number of fused-ring (bicyclic) bond motifs is 1. The Balaban J connectivity index is 1.41. The molecule has 3 N–H and O–H groups in total. The zero-order valence-corrected chi connectivity index (χ0v) is 18.4. The summed E-state index contributed by atoms with van der Waals surface area (Å²) in [6.07, 6.45) is 1.42. The van der Waals surface area contributed by atoms with Crippen LogP contribution in [0.5, 0.6) is 5.75 Å². The van der Waals surface area contributed by atoms with Crippen molar-refractivity contribution in [3.8, 4) is 5.75 Å². The number of ether oxygens (including phenoxy) is 1. The quantitative estimate of drug-likeness (QED) is 0.525. The van der Waals surface area contributed by atoms with E-state index in [0.29, 0.717) is 39.9 Å². The molecule has 3 amide bonds.